The number of aromatic nitrogens is 5. The van der Waals surface area contributed by atoms with Crippen LogP contribution < -0.4 is 10.1 Å². The standard InChI is InChI=1S/C18H16N6O/c1-2-5-14(6-3-1)11-12-25-16-8-4-7-15(13-16)19-17-9-10-18-20-22-23-24(18)21-17/h1-10,13H,11-12H2,(H,19,21). The minimum atomic E-state index is 0.601. The minimum absolute atomic E-state index is 0.601. The molecule has 124 valence electrons. The van der Waals surface area contributed by atoms with Gasteiger partial charge in [0.15, 0.2) is 11.5 Å². The fourth-order valence-corrected chi connectivity index (χ4v) is 2.46. The van der Waals surface area contributed by atoms with E-state index in [1.165, 1.54) is 10.2 Å². The van der Waals surface area contributed by atoms with Crippen molar-refractivity contribution in [2.45, 2.75) is 6.42 Å². The summed E-state index contributed by atoms with van der Waals surface area (Å²) in [4.78, 5) is 0. The molecule has 0 unspecified atom stereocenters. The van der Waals surface area contributed by atoms with Gasteiger partial charge in [-0.2, -0.15) is 0 Å². The van der Waals surface area contributed by atoms with E-state index < -0.39 is 0 Å². The van der Waals surface area contributed by atoms with Gasteiger partial charge in [-0.25, -0.2) is 0 Å². The second kappa shape index (κ2) is 6.96. The molecule has 0 spiro atoms. The third-order valence-corrected chi connectivity index (χ3v) is 3.68. The number of fused-ring (bicyclic) bond motifs is 1. The fourth-order valence-electron chi connectivity index (χ4n) is 2.46. The van der Waals surface area contributed by atoms with Crippen LogP contribution in [0.5, 0.6) is 5.75 Å². The van der Waals surface area contributed by atoms with Gasteiger partial charge in [-0.1, -0.05) is 36.4 Å². The van der Waals surface area contributed by atoms with E-state index in [1.54, 1.807) is 6.07 Å². The van der Waals surface area contributed by atoms with Gasteiger partial charge in [0.2, 0.25) is 0 Å². The molecule has 1 N–H and O–H groups in total. The average Bonchev–Trinajstić information content (AvgIpc) is 3.11. The molecule has 4 rings (SSSR count). The molecule has 0 radical (unpaired) electrons. The Hall–Kier alpha value is -3.48. The zero-order chi connectivity index (χ0) is 16.9. The summed E-state index contributed by atoms with van der Waals surface area (Å²) in [5.41, 5.74) is 2.75. The van der Waals surface area contributed by atoms with Crippen LogP contribution in [0, 0.1) is 0 Å². The summed E-state index contributed by atoms with van der Waals surface area (Å²) in [6, 6.07) is 21.7. The van der Waals surface area contributed by atoms with Crippen LogP contribution in [0.3, 0.4) is 0 Å². The lowest BCUT2D eigenvalue weighted by Crippen LogP contribution is -2.02. The molecule has 7 heteroatoms. The number of hydrogen-bond donors (Lipinski definition) is 1. The van der Waals surface area contributed by atoms with Crippen LogP contribution in [0.2, 0.25) is 0 Å². The van der Waals surface area contributed by atoms with Crippen LogP contribution in [-0.2, 0) is 6.42 Å². The number of nitrogens with zero attached hydrogens (tertiary/aromatic N) is 5. The SMILES string of the molecule is c1ccc(CCOc2cccc(Nc3ccc4nnnn4n3)c2)cc1. The predicted octanol–water partition coefficient (Wildman–Crippen LogP) is 2.88. The summed E-state index contributed by atoms with van der Waals surface area (Å²) in [6.07, 6.45) is 0.871. The Morgan fingerprint density at radius 2 is 1.88 bits per heavy atom. The molecule has 0 amide bonds. The number of rotatable bonds is 6. The lowest BCUT2D eigenvalue weighted by atomic mass is 10.2. The normalized spacial score (nSPS) is 10.7. The van der Waals surface area contributed by atoms with Gasteiger partial charge in [-0.3, -0.25) is 0 Å². The summed E-state index contributed by atoms with van der Waals surface area (Å²) in [7, 11) is 0. The van der Waals surface area contributed by atoms with E-state index in [1.807, 2.05) is 48.5 Å². The first-order chi connectivity index (χ1) is 12.4. The third kappa shape index (κ3) is 3.72. The lowest BCUT2D eigenvalue weighted by molar-refractivity contribution is 0.322. The van der Waals surface area contributed by atoms with Crippen molar-refractivity contribution >= 4 is 17.2 Å². The van der Waals surface area contributed by atoms with Gasteiger partial charge in [0.25, 0.3) is 0 Å². The zero-order valence-electron chi connectivity index (χ0n) is 13.4. The smallest absolute Gasteiger partial charge is 0.200 e. The van der Waals surface area contributed by atoms with Crippen LogP contribution >= 0.6 is 0 Å². The summed E-state index contributed by atoms with van der Waals surface area (Å²) < 4.78 is 7.23. The molecule has 0 atom stereocenters. The molecule has 2 aromatic heterocycles. The topological polar surface area (TPSA) is 77.2 Å². The van der Waals surface area contributed by atoms with Gasteiger partial charge in [-0.05, 0) is 40.3 Å². The van der Waals surface area contributed by atoms with Gasteiger partial charge >= 0.3 is 0 Å². The van der Waals surface area contributed by atoms with Crippen LogP contribution in [0.15, 0.2) is 66.7 Å². The lowest BCUT2D eigenvalue weighted by Gasteiger charge is -2.09. The second-order valence-electron chi connectivity index (χ2n) is 5.48. The molecule has 0 saturated heterocycles. The molecule has 0 saturated carbocycles. The Kier molecular flexibility index (Phi) is 4.20. The molecule has 7 nitrogen and oxygen atoms in total. The van der Waals surface area contributed by atoms with E-state index in [0.29, 0.717) is 18.1 Å². The van der Waals surface area contributed by atoms with Crippen LogP contribution in [-0.4, -0.2) is 31.9 Å². The van der Waals surface area contributed by atoms with E-state index in [2.05, 4.69) is 38.1 Å². The number of anilines is 2. The molecule has 0 aliphatic heterocycles. The molecule has 2 aromatic carbocycles. The van der Waals surface area contributed by atoms with E-state index in [0.717, 1.165) is 17.9 Å². The fraction of sp³-hybridized carbons (Fsp3) is 0.111. The maximum Gasteiger partial charge on any atom is 0.200 e. The van der Waals surface area contributed by atoms with Crippen molar-refractivity contribution in [2.24, 2.45) is 0 Å². The molecule has 2 heterocycles. The monoisotopic (exact) mass is 332 g/mol. The average molecular weight is 332 g/mol. The van der Waals surface area contributed by atoms with Crippen molar-refractivity contribution in [2.75, 3.05) is 11.9 Å². The van der Waals surface area contributed by atoms with Crippen LogP contribution in [0.4, 0.5) is 11.5 Å². The number of nitrogens with one attached hydrogen (secondary N) is 1. The summed E-state index contributed by atoms with van der Waals surface area (Å²) >= 11 is 0. The third-order valence-electron chi connectivity index (χ3n) is 3.68. The van der Waals surface area contributed by atoms with Crippen molar-refractivity contribution in [3.8, 4) is 5.75 Å². The molecule has 4 aromatic rings. The van der Waals surface area contributed by atoms with Gasteiger partial charge < -0.3 is 10.1 Å². The molecule has 25 heavy (non-hydrogen) atoms. The first-order valence-corrected chi connectivity index (χ1v) is 7.96. The Morgan fingerprint density at radius 3 is 2.80 bits per heavy atom. The summed E-state index contributed by atoms with van der Waals surface area (Å²) in [5.74, 6) is 1.46. The number of ether oxygens (including phenoxy) is 1. The highest BCUT2D eigenvalue weighted by atomic mass is 16.5. The zero-order valence-corrected chi connectivity index (χ0v) is 13.4. The van der Waals surface area contributed by atoms with Gasteiger partial charge in [-0.15, -0.1) is 14.8 Å². The van der Waals surface area contributed by atoms with Gasteiger partial charge in [0.05, 0.1) is 6.61 Å². The Labute approximate surface area is 144 Å². The molecule has 0 aliphatic rings. The largest absolute Gasteiger partial charge is 0.493 e. The van der Waals surface area contributed by atoms with Gasteiger partial charge in [0.1, 0.15) is 5.75 Å². The van der Waals surface area contributed by atoms with E-state index in [9.17, 15) is 0 Å². The quantitative estimate of drug-likeness (QED) is 0.585. The Balaban J connectivity index is 1.40. The predicted molar refractivity (Wildman–Crippen MR) is 93.9 cm³/mol. The number of benzene rings is 2. The molecular weight excluding hydrogens is 316 g/mol. The van der Waals surface area contributed by atoms with E-state index in [-0.39, 0.29) is 0 Å². The molecular formula is C18H16N6O. The van der Waals surface area contributed by atoms with E-state index in [4.69, 9.17) is 4.74 Å². The van der Waals surface area contributed by atoms with Crippen LogP contribution in [0.25, 0.3) is 5.65 Å². The highest BCUT2D eigenvalue weighted by Gasteiger charge is 2.03. The van der Waals surface area contributed by atoms with Crippen LogP contribution in [0.1, 0.15) is 5.56 Å². The van der Waals surface area contributed by atoms with Crippen molar-refractivity contribution in [1.29, 1.82) is 0 Å². The molecule has 0 aliphatic carbocycles. The van der Waals surface area contributed by atoms with Crippen molar-refractivity contribution in [1.82, 2.24) is 25.3 Å². The minimum Gasteiger partial charge on any atom is -0.493 e. The molecule has 0 bridgehead atoms. The van der Waals surface area contributed by atoms with Crippen molar-refractivity contribution < 1.29 is 4.74 Å². The van der Waals surface area contributed by atoms with Crippen molar-refractivity contribution in [3.63, 3.8) is 0 Å². The van der Waals surface area contributed by atoms with E-state index >= 15 is 0 Å². The first-order valence-electron chi connectivity index (χ1n) is 7.96. The maximum atomic E-state index is 5.85. The number of hydrogen-bond acceptors (Lipinski definition) is 6. The number of tetrazole rings is 1. The maximum absolute atomic E-state index is 5.85. The summed E-state index contributed by atoms with van der Waals surface area (Å²) in [5, 5.41) is 18.7. The first kappa shape index (κ1) is 15.1. The molecule has 0 fully saturated rings. The second-order valence-corrected chi connectivity index (χ2v) is 5.48. The Bertz CT molecular complexity index is 969. The highest BCUT2D eigenvalue weighted by molar-refractivity contribution is 5.58. The Morgan fingerprint density at radius 1 is 0.960 bits per heavy atom. The highest BCUT2D eigenvalue weighted by Crippen LogP contribution is 2.20. The van der Waals surface area contributed by atoms with Crippen molar-refractivity contribution in [3.05, 3.63) is 72.3 Å². The van der Waals surface area contributed by atoms with Gasteiger partial charge in [0, 0.05) is 18.2 Å². The summed E-state index contributed by atoms with van der Waals surface area (Å²) in [6.45, 7) is 0.627.